The normalized spacial score (nSPS) is 23.2. The fourth-order valence-corrected chi connectivity index (χ4v) is 3.36. The van der Waals surface area contributed by atoms with Crippen LogP contribution in [0.1, 0.15) is 29.1 Å². The fraction of sp³-hybridized carbons (Fsp3) is 0.667. The Morgan fingerprint density at radius 3 is 3.13 bits per heavy atom. The van der Waals surface area contributed by atoms with E-state index in [0.717, 1.165) is 19.6 Å². The molecular weight excluding hydrogens is 204 g/mol. The number of hydrogen-bond acceptors (Lipinski definition) is 3. The summed E-state index contributed by atoms with van der Waals surface area (Å²) in [6.45, 7) is 5.63. The number of likely N-dealkylation sites (N-methyl/N-ethyl adjacent to an activating group) is 1. The Morgan fingerprint density at radius 2 is 2.40 bits per heavy atom. The Morgan fingerprint density at radius 1 is 1.53 bits per heavy atom. The average Bonchev–Trinajstić information content (AvgIpc) is 2.68. The quantitative estimate of drug-likeness (QED) is 0.847. The Labute approximate surface area is 96.3 Å². The van der Waals surface area contributed by atoms with Gasteiger partial charge in [0.1, 0.15) is 0 Å². The smallest absolute Gasteiger partial charge is 0.0564 e. The maximum absolute atomic E-state index is 3.47. The SMILES string of the molecule is CCCc1ccc(C2CNCCN2C)s1. The third-order valence-corrected chi connectivity index (χ3v) is 4.26. The van der Waals surface area contributed by atoms with Crippen LogP contribution >= 0.6 is 11.3 Å². The first kappa shape index (κ1) is 11.1. The van der Waals surface area contributed by atoms with Crippen LogP contribution in [0.5, 0.6) is 0 Å². The highest BCUT2D eigenvalue weighted by Crippen LogP contribution is 2.28. The molecule has 15 heavy (non-hydrogen) atoms. The van der Waals surface area contributed by atoms with E-state index >= 15 is 0 Å². The van der Waals surface area contributed by atoms with E-state index in [2.05, 4.69) is 36.3 Å². The Hall–Kier alpha value is -0.380. The average molecular weight is 224 g/mol. The second kappa shape index (κ2) is 5.10. The molecule has 0 radical (unpaired) electrons. The predicted octanol–water partition coefficient (Wildman–Crippen LogP) is 2.28. The molecule has 3 heteroatoms. The van der Waals surface area contributed by atoms with Crippen molar-refractivity contribution in [2.45, 2.75) is 25.8 Å². The molecule has 0 spiro atoms. The van der Waals surface area contributed by atoms with E-state index in [4.69, 9.17) is 0 Å². The van der Waals surface area contributed by atoms with Crippen molar-refractivity contribution in [1.29, 1.82) is 0 Å². The molecule has 1 N–H and O–H groups in total. The van der Waals surface area contributed by atoms with E-state index in [0.29, 0.717) is 6.04 Å². The Bertz CT molecular complexity index is 308. The van der Waals surface area contributed by atoms with Crippen LogP contribution < -0.4 is 5.32 Å². The van der Waals surface area contributed by atoms with Crippen molar-refractivity contribution in [2.24, 2.45) is 0 Å². The molecule has 0 amide bonds. The minimum absolute atomic E-state index is 0.592. The monoisotopic (exact) mass is 224 g/mol. The van der Waals surface area contributed by atoms with Gasteiger partial charge in [0.05, 0.1) is 6.04 Å². The fourth-order valence-electron chi connectivity index (χ4n) is 2.08. The molecule has 1 unspecified atom stereocenters. The van der Waals surface area contributed by atoms with Gasteiger partial charge in [-0.15, -0.1) is 11.3 Å². The molecule has 1 aromatic heterocycles. The van der Waals surface area contributed by atoms with Gasteiger partial charge in [-0.3, -0.25) is 4.90 Å². The molecule has 1 atom stereocenters. The van der Waals surface area contributed by atoms with Gasteiger partial charge in [-0.1, -0.05) is 13.3 Å². The second-order valence-corrected chi connectivity index (χ2v) is 5.45. The summed E-state index contributed by atoms with van der Waals surface area (Å²) in [5.74, 6) is 0. The van der Waals surface area contributed by atoms with E-state index in [1.54, 1.807) is 0 Å². The van der Waals surface area contributed by atoms with Crippen LogP contribution in [0.4, 0.5) is 0 Å². The highest BCUT2D eigenvalue weighted by atomic mass is 32.1. The molecule has 1 aliphatic heterocycles. The van der Waals surface area contributed by atoms with Crippen molar-refractivity contribution in [3.63, 3.8) is 0 Å². The largest absolute Gasteiger partial charge is 0.314 e. The molecule has 1 saturated heterocycles. The minimum Gasteiger partial charge on any atom is -0.314 e. The van der Waals surface area contributed by atoms with Crippen molar-refractivity contribution in [2.75, 3.05) is 26.7 Å². The summed E-state index contributed by atoms with van der Waals surface area (Å²) in [4.78, 5) is 5.51. The number of hydrogen-bond donors (Lipinski definition) is 1. The van der Waals surface area contributed by atoms with E-state index in [1.807, 2.05) is 11.3 Å². The lowest BCUT2D eigenvalue weighted by atomic mass is 10.1. The van der Waals surface area contributed by atoms with Crippen molar-refractivity contribution in [3.05, 3.63) is 21.9 Å². The minimum atomic E-state index is 0.592. The molecule has 0 aromatic carbocycles. The molecule has 0 aliphatic carbocycles. The third-order valence-electron chi connectivity index (χ3n) is 3.02. The van der Waals surface area contributed by atoms with Gasteiger partial charge in [0.15, 0.2) is 0 Å². The summed E-state index contributed by atoms with van der Waals surface area (Å²) in [7, 11) is 2.23. The number of nitrogens with zero attached hydrogens (tertiary/aromatic N) is 1. The number of piperazine rings is 1. The maximum Gasteiger partial charge on any atom is 0.0564 e. The van der Waals surface area contributed by atoms with E-state index in [-0.39, 0.29) is 0 Å². The topological polar surface area (TPSA) is 15.3 Å². The molecule has 1 fully saturated rings. The van der Waals surface area contributed by atoms with Gasteiger partial charge in [0.25, 0.3) is 0 Å². The summed E-state index contributed by atoms with van der Waals surface area (Å²) in [5, 5.41) is 3.47. The van der Waals surface area contributed by atoms with Crippen LogP contribution in [-0.2, 0) is 6.42 Å². The molecule has 2 nitrogen and oxygen atoms in total. The number of aryl methyl sites for hydroxylation is 1. The van der Waals surface area contributed by atoms with Gasteiger partial charge in [-0.25, -0.2) is 0 Å². The van der Waals surface area contributed by atoms with Crippen LogP contribution in [0.15, 0.2) is 12.1 Å². The summed E-state index contributed by atoms with van der Waals surface area (Å²) >= 11 is 1.99. The van der Waals surface area contributed by atoms with Crippen molar-refractivity contribution >= 4 is 11.3 Å². The molecule has 1 aliphatic rings. The number of rotatable bonds is 3. The van der Waals surface area contributed by atoms with Crippen LogP contribution in [-0.4, -0.2) is 31.6 Å². The van der Waals surface area contributed by atoms with Gasteiger partial charge in [-0.05, 0) is 25.6 Å². The lowest BCUT2D eigenvalue weighted by molar-refractivity contribution is 0.205. The first-order chi connectivity index (χ1) is 7.31. The zero-order valence-electron chi connectivity index (χ0n) is 9.62. The maximum atomic E-state index is 3.47. The van der Waals surface area contributed by atoms with Gasteiger partial charge in [0, 0.05) is 29.4 Å². The van der Waals surface area contributed by atoms with Crippen molar-refractivity contribution < 1.29 is 0 Å². The van der Waals surface area contributed by atoms with Crippen LogP contribution in [0.25, 0.3) is 0 Å². The summed E-state index contributed by atoms with van der Waals surface area (Å²) < 4.78 is 0. The first-order valence-corrected chi connectivity index (χ1v) is 6.62. The third kappa shape index (κ3) is 2.60. The molecular formula is C12H20N2S. The summed E-state index contributed by atoms with van der Waals surface area (Å²) in [6, 6.07) is 5.20. The predicted molar refractivity (Wildman–Crippen MR) is 66.6 cm³/mol. The standard InChI is InChI=1S/C12H20N2S/c1-3-4-10-5-6-12(15-10)11-9-13-7-8-14(11)2/h5-6,11,13H,3-4,7-9H2,1-2H3. The van der Waals surface area contributed by atoms with Crippen molar-refractivity contribution in [1.82, 2.24) is 10.2 Å². The van der Waals surface area contributed by atoms with Crippen LogP contribution in [0, 0.1) is 0 Å². The second-order valence-electron chi connectivity index (χ2n) is 4.25. The number of nitrogens with one attached hydrogen (secondary N) is 1. The van der Waals surface area contributed by atoms with Crippen LogP contribution in [0.3, 0.4) is 0 Å². The highest BCUT2D eigenvalue weighted by Gasteiger charge is 2.21. The van der Waals surface area contributed by atoms with Crippen LogP contribution in [0.2, 0.25) is 0 Å². The van der Waals surface area contributed by atoms with Gasteiger partial charge >= 0.3 is 0 Å². The zero-order valence-corrected chi connectivity index (χ0v) is 10.4. The van der Waals surface area contributed by atoms with E-state index < -0.39 is 0 Å². The van der Waals surface area contributed by atoms with Gasteiger partial charge < -0.3 is 5.32 Å². The summed E-state index contributed by atoms with van der Waals surface area (Å²) in [5.41, 5.74) is 0. The van der Waals surface area contributed by atoms with Gasteiger partial charge in [-0.2, -0.15) is 0 Å². The molecule has 2 heterocycles. The zero-order chi connectivity index (χ0) is 10.7. The Kier molecular flexibility index (Phi) is 3.78. The summed E-state index contributed by atoms with van der Waals surface area (Å²) in [6.07, 6.45) is 2.48. The molecule has 0 bridgehead atoms. The lowest BCUT2D eigenvalue weighted by Gasteiger charge is -2.32. The lowest BCUT2D eigenvalue weighted by Crippen LogP contribution is -2.43. The van der Waals surface area contributed by atoms with E-state index in [1.165, 1.54) is 22.6 Å². The Balaban J connectivity index is 2.06. The van der Waals surface area contributed by atoms with Crippen molar-refractivity contribution in [3.8, 4) is 0 Å². The van der Waals surface area contributed by atoms with E-state index in [9.17, 15) is 0 Å². The molecule has 2 rings (SSSR count). The molecule has 0 saturated carbocycles. The van der Waals surface area contributed by atoms with Gasteiger partial charge in [0.2, 0.25) is 0 Å². The number of thiophene rings is 1. The molecule has 84 valence electrons. The molecule has 1 aromatic rings. The highest BCUT2D eigenvalue weighted by molar-refractivity contribution is 7.12. The first-order valence-electron chi connectivity index (χ1n) is 5.81.